The Kier molecular flexibility index (Phi) is 13.1. The molecule has 0 radical (unpaired) electrons. The van der Waals surface area contributed by atoms with E-state index in [1.165, 1.54) is 102 Å². The molecule has 0 saturated carbocycles. The lowest BCUT2D eigenvalue weighted by molar-refractivity contribution is -0.142. The molecular weight excluding hydrogens is 1050 g/mol. The first-order valence-electron chi connectivity index (χ1n) is 21.2. The van der Waals surface area contributed by atoms with E-state index in [2.05, 4.69) is 71.4 Å². The normalized spacial score (nSPS) is 11.7. The molecule has 0 aliphatic rings. The predicted octanol–water partition coefficient (Wildman–Crippen LogP) is 10.1. The molecule has 11 aromatic rings. The van der Waals surface area contributed by atoms with E-state index in [0.717, 1.165) is 12.1 Å². The first-order chi connectivity index (χ1) is 35.1. The highest BCUT2D eigenvalue weighted by Crippen LogP contribution is 2.40. The van der Waals surface area contributed by atoms with Gasteiger partial charge in [-0.15, -0.1) is 30.6 Å². The van der Waals surface area contributed by atoms with Crippen molar-refractivity contribution in [1.82, 2.24) is 68.7 Å². The molecule has 0 amide bonds. The molecule has 0 fully saturated rings. The molecule has 0 unspecified atom stereocenters. The summed E-state index contributed by atoms with van der Waals surface area (Å²) in [6.07, 6.45) is -5.20. The van der Waals surface area contributed by atoms with Gasteiger partial charge >= 0.3 is 12.4 Å². The molecule has 27 heteroatoms. The second kappa shape index (κ2) is 19.5. The fourth-order valence-electron chi connectivity index (χ4n) is 7.65. The first kappa shape index (κ1) is 49.8. The molecule has 11 rings (SSSR count). The molecule has 6 N–H and O–H groups in total. The average molecular weight is 1080 g/mol. The van der Waals surface area contributed by atoms with Crippen LogP contribution >= 0.6 is 15.9 Å². The summed E-state index contributed by atoms with van der Waals surface area (Å²) in [5, 5.41) is 23.2. The van der Waals surface area contributed by atoms with E-state index in [0.29, 0.717) is 32.5 Å². The van der Waals surface area contributed by atoms with Crippen molar-refractivity contribution in [1.29, 1.82) is 0 Å². The summed E-state index contributed by atoms with van der Waals surface area (Å²) in [6, 6.07) is 21.9. The van der Waals surface area contributed by atoms with Crippen molar-refractivity contribution in [3.8, 4) is 56.0 Å². The number of hydrogen-bond donors (Lipinski definition) is 3. The van der Waals surface area contributed by atoms with E-state index in [9.17, 15) is 39.5 Å². The van der Waals surface area contributed by atoms with Gasteiger partial charge in [-0.05, 0) is 102 Å². The van der Waals surface area contributed by atoms with Crippen LogP contribution in [-0.4, -0.2) is 68.7 Å². The molecule has 74 heavy (non-hydrogen) atoms. The Morgan fingerprint density at radius 3 is 1.14 bits per heavy atom. The molecule has 0 spiro atoms. The zero-order valence-electron chi connectivity index (χ0n) is 37.7. The zero-order chi connectivity index (χ0) is 52.8. The highest BCUT2D eigenvalue weighted by atomic mass is 79.9. The fourth-order valence-corrected chi connectivity index (χ4v) is 8.23. The van der Waals surface area contributed by atoms with Gasteiger partial charge in [0, 0.05) is 28.1 Å². The molecule has 17 nitrogen and oxygen atoms in total. The van der Waals surface area contributed by atoms with E-state index in [4.69, 9.17) is 17.2 Å². The lowest BCUT2D eigenvalue weighted by atomic mass is 9.99. The van der Waals surface area contributed by atoms with Gasteiger partial charge in [0.2, 0.25) is 17.8 Å². The summed E-state index contributed by atoms with van der Waals surface area (Å²) >= 11 is 3.39. The Bertz CT molecular complexity index is 3740. The number of aryl methyl sites for hydroxylation is 2. The van der Waals surface area contributed by atoms with Crippen LogP contribution in [0.5, 0.6) is 0 Å². The molecule has 374 valence electrons. The smallest absolute Gasteiger partial charge is 0.369 e. The molecular formula is C47H31BrF9N17. The van der Waals surface area contributed by atoms with E-state index in [1.807, 2.05) is 0 Å². The number of nitrogens with zero attached hydrogens (tertiary/aromatic N) is 14. The van der Waals surface area contributed by atoms with Crippen LogP contribution in [0.15, 0.2) is 121 Å². The van der Waals surface area contributed by atoms with Crippen molar-refractivity contribution in [3.63, 3.8) is 0 Å². The SMILES string of the molecule is Cc1cc(-c2c(-c3cccc(F)c3)nc(N)n3cnnc23)cc(C(F)(F)F)n1.Cc1cc(-c2c(-c3cccc(F)c3)nc(N)n3cnnc23)cc(C(F)(F)F)n1.Nc1nc(-c2cccc(F)c2)c(Br)c2nncn12. The second-order valence-corrected chi connectivity index (χ2v) is 16.7. The predicted molar refractivity (Wildman–Crippen MR) is 255 cm³/mol. The van der Waals surface area contributed by atoms with E-state index in [1.54, 1.807) is 28.7 Å². The number of hydrogen-bond acceptors (Lipinski definition) is 14. The van der Waals surface area contributed by atoms with Gasteiger partial charge in [0.15, 0.2) is 16.9 Å². The summed E-state index contributed by atoms with van der Waals surface area (Å²) in [7, 11) is 0. The second-order valence-electron chi connectivity index (χ2n) is 15.9. The highest BCUT2D eigenvalue weighted by Gasteiger charge is 2.35. The Labute approximate surface area is 417 Å². The number of alkyl halides is 6. The van der Waals surface area contributed by atoms with Gasteiger partial charge in [-0.25, -0.2) is 38.1 Å². The summed E-state index contributed by atoms with van der Waals surface area (Å²) in [5.41, 5.74) is 19.9. The van der Waals surface area contributed by atoms with Gasteiger partial charge in [0.1, 0.15) is 47.8 Å². The molecule has 0 saturated heterocycles. The van der Waals surface area contributed by atoms with Crippen LogP contribution < -0.4 is 17.2 Å². The van der Waals surface area contributed by atoms with Crippen LogP contribution in [0.4, 0.5) is 57.4 Å². The van der Waals surface area contributed by atoms with Crippen molar-refractivity contribution in [3.05, 3.63) is 161 Å². The maximum atomic E-state index is 13.8. The number of benzene rings is 3. The standard InChI is InChI=1S/2C18H12F4N6.C11H7BrFN5/c2*1-9-5-11(7-13(25-9)18(20,21)22)14-15(10-3-2-4-12(19)6-10)26-17(23)28-8-24-27-16(14)28;12-8-9(6-2-1-3-7(13)4-6)16-11(14)18-5-15-17-10(8)18/h2*2-8H,1H3,(H2,23,26);1-5H,(H2,14,16). The molecule has 0 atom stereocenters. The largest absolute Gasteiger partial charge is 0.433 e. The first-order valence-corrected chi connectivity index (χ1v) is 22.0. The molecule has 8 heterocycles. The van der Waals surface area contributed by atoms with Gasteiger partial charge in [-0.3, -0.25) is 13.2 Å². The summed E-state index contributed by atoms with van der Waals surface area (Å²) in [6.45, 7) is 2.90. The number of rotatable bonds is 5. The van der Waals surface area contributed by atoms with Crippen molar-refractivity contribution in [2.45, 2.75) is 26.2 Å². The van der Waals surface area contributed by atoms with Crippen LogP contribution in [0.2, 0.25) is 0 Å². The van der Waals surface area contributed by atoms with Crippen molar-refractivity contribution in [2.24, 2.45) is 0 Å². The number of anilines is 3. The lowest BCUT2D eigenvalue weighted by Crippen LogP contribution is -2.10. The maximum Gasteiger partial charge on any atom is 0.433 e. The van der Waals surface area contributed by atoms with Crippen LogP contribution in [0.1, 0.15) is 22.8 Å². The van der Waals surface area contributed by atoms with Crippen molar-refractivity contribution < 1.29 is 39.5 Å². The van der Waals surface area contributed by atoms with Crippen molar-refractivity contribution in [2.75, 3.05) is 17.2 Å². The molecule has 0 aliphatic heterocycles. The average Bonchev–Trinajstić information content (AvgIpc) is 4.16. The number of halogens is 10. The minimum atomic E-state index is -4.63. The third-order valence-corrected chi connectivity index (χ3v) is 11.5. The van der Waals surface area contributed by atoms with Gasteiger partial charge in [0.25, 0.3) is 0 Å². The minimum absolute atomic E-state index is 0.0184. The van der Waals surface area contributed by atoms with Crippen LogP contribution in [0.3, 0.4) is 0 Å². The Hall–Kier alpha value is -9.14. The van der Waals surface area contributed by atoms with Crippen molar-refractivity contribution >= 4 is 50.7 Å². The zero-order valence-corrected chi connectivity index (χ0v) is 39.3. The Morgan fingerprint density at radius 1 is 0.432 bits per heavy atom. The number of nitrogens with two attached hydrogens (primary N) is 3. The summed E-state index contributed by atoms with van der Waals surface area (Å²) < 4.78 is 125. The Morgan fingerprint density at radius 2 is 0.770 bits per heavy atom. The van der Waals surface area contributed by atoms with Gasteiger partial charge in [-0.2, -0.15) is 26.3 Å². The molecule has 0 aliphatic carbocycles. The van der Waals surface area contributed by atoms with Gasteiger partial charge < -0.3 is 17.2 Å². The number of nitrogen functional groups attached to an aromatic ring is 3. The monoisotopic (exact) mass is 1080 g/mol. The molecule has 0 bridgehead atoms. The minimum Gasteiger partial charge on any atom is -0.369 e. The Balaban J connectivity index is 0.000000140. The number of aromatic nitrogens is 14. The third kappa shape index (κ3) is 10.0. The fraction of sp³-hybridized carbons (Fsp3) is 0.0851. The highest BCUT2D eigenvalue weighted by molar-refractivity contribution is 9.10. The lowest BCUT2D eigenvalue weighted by Gasteiger charge is -2.14. The quantitative estimate of drug-likeness (QED) is 0.136. The van der Waals surface area contributed by atoms with Crippen LogP contribution in [0, 0.1) is 31.3 Å². The van der Waals surface area contributed by atoms with E-state index in [-0.39, 0.29) is 80.0 Å². The summed E-state index contributed by atoms with van der Waals surface area (Å²) in [4.78, 5) is 19.9. The van der Waals surface area contributed by atoms with Crippen LogP contribution in [-0.2, 0) is 12.4 Å². The van der Waals surface area contributed by atoms with Gasteiger partial charge in [-0.1, -0.05) is 36.4 Å². The maximum absolute atomic E-state index is 13.8. The van der Waals surface area contributed by atoms with Gasteiger partial charge in [0.05, 0.1) is 32.7 Å². The summed E-state index contributed by atoms with van der Waals surface area (Å²) in [5.74, 6) is -1.09. The molecule has 3 aromatic carbocycles. The van der Waals surface area contributed by atoms with Crippen LogP contribution in [0.25, 0.3) is 73.0 Å². The molecule has 8 aromatic heterocycles. The third-order valence-electron chi connectivity index (χ3n) is 10.7. The topological polar surface area (TPSA) is 233 Å². The number of pyridine rings is 2. The number of fused-ring (bicyclic) bond motifs is 3. The van der Waals surface area contributed by atoms with E-state index >= 15 is 0 Å². The van der Waals surface area contributed by atoms with E-state index < -0.39 is 35.4 Å².